The molecule has 216 valence electrons. The van der Waals surface area contributed by atoms with E-state index in [2.05, 4.69) is 52.4 Å². The van der Waals surface area contributed by atoms with E-state index in [1.54, 1.807) is 12.1 Å². The van der Waals surface area contributed by atoms with Gasteiger partial charge in [0.25, 0.3) is 0 Å². The average molecular weight is 574 g/mol. The fourth-order valence-corrected chi connectivity index (χ4v) is 6.02. The third-order valence-corrected chi connectivity index (χ3v) is 8.31. The van der Waals surface area contributed by atoms with Crippen molar-refractivity contribution in [2.24, 2.45) is 0 Å². The normalized spacial score (nSPS) is 24.1. The fraction of sp³-hybridized carbons (Fsp3) is 0.552. The van der Waals surface area contributed by atoms with Crippen molar-refractivity contribution in [2.45, 2.75) is 77.9 Å². The Morgan fingerprint density at radius 3 is 2.60 bits per heavy atom. The second kappa shape index (κ2) is 11.7. The van der Waals surface area contributed by atoms with Crippen LogP contribution in [0.5, 0.6) is 0 Å². The first-order valence-corrected chi connectivity index (χ1v) is 14.2. The molecular formula is C29H37ClFN5O4. The van der Waals surface area contributed by atoms with Gasteiger partial charge in [0.2, 0.25) is 5.95 Å². The number of fused-ring (bicyclic) bond motifs is 1. The van der Waals surface area contributed by atoms with Crippen LogP contribution in [0.1, 0.15) is 51.4 Å². The van der Waals surface area contributed by atoms with E-state index in [1.807, 2.05) is 6.92 Å². The van der Waals surface area contributed by atoms with Crippen LogP contribution in [0.15, 0.2) is 23.1 Å². The largest absolute Gasteiger partial charge is 0.389 e. The highest BCUT2D eigenvalue weighted by atomic mass is 35.5. The highest BCUT2D eigenvalue weighted by molar-refractivity contribution is 6.34. The highest BCUT2D eigenvalue weighted by Crippen LogP contribution is 2.34. The van der Waals surface area contributed by atoms with E-state index in [0.29, 0.717) is 54.8 Å². The van der Waals surface area contributed by atoms with E-state index in [-0.39, 0.29) is 52.9 Å². The number of pyridine rings is 1. The molecule has 11 heteroatoms. The van der Waals surface area contributed by atoms with Crippen molar-refractivity contribution in [1.29, 1.82) is 0 Å². The van der Waals surface area contributed by atoms with Gasteiger partial charge >= 0.3 is 0 Å². The molecule has 0 aliphatic carbocycles. The topological polar surface area (TPSA) is 102 Å². The summed E-state index contributed by atoms with van der Waals surface area (Å²) >= 11 is 6.69. The van der Waals surface area contributed by atoms with Gasteiger partial charge in [0.1, 0.15) is 5.69 Å². The number of halogens is 2. The first kappa shape index (κ1) is 28.9. The second-order valence-corrected chi connectivity index (χ2v) is 11.6. The van der Waals surface area contributed by atoms with E-state index in [0.717, 1.165) is 11.9 Å². The molecule has 5 rings (SSSR count). The van der Waals surface area contributed by atoms with Crippen LogP contribution in [0.2, 0.25) is 5.02 Å². The number of nitrogens with one attached hydrogen (secondary N) is 1. The van der Waals surface area contributed by atoms with E-state index in [9.17, 15) is 9.90 Å². The van der Waals surface area contributed by atoms with Crippen LogP contribution in [0.25, 0.3) is 22.2 Å². The summed E-state index contributed by atoms with van der Waals surface area (Å²) in [6.07, 6.45) is 0.930. The van der Waals surface area contributed by atoms with Gasteiger partial charge in [-0.2, -0.15) is 0 Å². The predicted octanol–water partition coefficient (Wildman–Crippen LogP) is 4.31. The Hall–Kier alpha value is -2.63. The van der Waals surface area contributed by atoms with Gasteiger partial charge in [-0.1, -0.05) is 11.6 Å². The van der Waals surface area contributed by atoms with Gasteiger partial charge in [0.05, 0.1) is 48.7 Å². The Labute approximate surface area is 238 Å². The summed E-state index contributed by atoms with van der Waals surface area (Å²) in [5.41, 5.74) is 2.54. The molecule has 0 saturated carbocycles. The van der Waals surface area contributed by atoms with Crippen molar-refractivity contribution in [3.8, 4) is 11.3 Å². The van der Waals surface area contributed by atoms with Crippen molar-refractivity contribution in [1.82, 2.24) is 19.4 Å². The van der Waals surface area contributed by atoms with E-state index in [1.165, 1.54) is 0 Å². The predicted molar refractivity (Wildman–Crippen MR) is 153 cm³/mol. The Morgan fingerprint density at radius 2 is 1.93 bits per heavy atom. The molecule has 9 nitrogen and oxygen atoms in total. The number of aromatic nitrogens is 3. The van der Waals surface area contributed by atoms with Gasteiger partial charge in [-0.05, 0) is 53.2 Å². The Balaban J connectivity index is 1.63. The first-order valence-electron chi connectivity index (χ1n) is 13.8. The molecule has 4 atom stereocenters. The molecule has 2 aliphatic rings. The number of anilines is 1. The van der Waals surface area contributed by atoms with Crippen LogP contribution in [-0.2, 0) is 16.0 Å². The molecule has 0 bridgehead atoms. The molecule has 2 saturated heterocycles. The van der Waals surface area contributed by atoms with Gasteiger partial charge in [-0.3, -0.25) is 9.69 Å². The van der Waals surface area contributed by atoms with E-state index < -0.39 is 11.9 Å². The minimum Gasteiger partial charge on any atom is -0.389 e. The molecule has 2 N–H and O–H groups in total. The zero-order valence-corrected chi connectivity index (χ0v) is 24.3. The van der Waals surface area contributed by atoms with Crippen molar-refractivity contribution in [2.75, 3.05) is 31.7 Å². The van der Waals surface area contributed by atoms with Crippen LogP contribution >= 0.6 is 11.6 Å². The Morgan fingerprint density at radius 1 is 1.20 bits per heavy atom. The molecule has 2 fully saturated rings. The maximum absolute atomic E-state index is 15.2. The van der Waals surface area contributed by atoms with Gasteiger partial charge in [-0.25, -0.2) is 14.4 Å². The zero-order chi connectivity index (χ0) is 28.7. The minimum absolute atomic E-state index is 0.0139. The van der Waals surface area contributed by atoms with Crippen molar-refractivity contribution in [3.05, 3.63) is 50.7 Å². The van der Waals surface area contributed by atoms with Crippen LogP contribution in [0.3, 0.4) is 0 Å². The number of benzene rings is 1. The van der Waals surface area contributed by atoms with Gasteiger partial charge in [0, 0.05) is 53.5 Å². The summed E-state index contributed by atoms with van der Waals surface area (Å²) in [6.45, 7) is 12.8. The van der Waals surface area contributed by atoms with Gasteiger partial charge in [0.15, 0.2) is 11.2 Å². The average Bonchev–Trinajstić information content (AvgIpc) is 2.91. The number of rotatable bonds is 6. The van der Waals surface area contributed by atoms with Crippen molar-refractivity contribution >= 4 is 28.5 Å². The van der Waals surface area contributed by atoms with E-state index >= 15 is 4.39 Å². The molecule has 0 radical (unpaired) electrons. The molecule has 40 heavy (non-hydrogen) atoms. The number of ether oxygens (including phenoxy) is 2. The zero-order valence-electron chi connectivity index (χ0n) is 23.6. The standard InChI is InChI=1S/C29H37ClFN5O4/c1-15(2)36-24-9-19(27-22(31)10-32-29(34-27)33-23-6-7-39-14-26(23)37)21(30)8-20(24)28(38)18(5)25(36)11-35-16(3)12-40-13-17(35)4/h8-10,15-17,23,26,37H,6-7,11-14H2,1-5H3,(H,32,33,34)/t16-,17-,23+,26+/m0/s1. The lowest BCUT2D eigenvalue weighted by Gasteiger charge is -2.39. The number of hydrogen-bond acceptors (Lipinski definition) is 8. The van der Waals surface area contributed by atoms with Gasteiger partial charge in [-0.15, -0.1) is 0 Å². The maximum atomic E-state index is 15.2. The van der Waals surface area contributed by atoms with Crippen LogP contribution < -0.4 is 10.7 Å². The number of nitrogens with zero attached hydrogens (tertiary/aromatic N) is 4. The van der Waals surface area contributed by atoms with Gasteiger partial charge < -0.3 is 24.5 Å². The van der Waals surface area contributed by atoms with Crippen LogP contribution in [0, 0.1) is 12.7 Å². The summed E-state index contributed by atoms with van der Waals surface area (Å²) < 4.78 is 28.4. The minimum atomic E-state index is -0.728. The first-order chi connectivity index (χ1) is 19.1. The SMILES string of the molecule is Cc1c(CN2[C@@H](C)COC[C@@H]2C)n(C(C)C)c2cc(-c3nc(N[C@@H]4CCOC[C@H]4O)ncc3F)c(Cl)cc2c1=O. The quantitative estimate of drug-likeness (QED) is 0.450. The van der Waals surface area contributed by atoms with E-state index in [4.69, 9.17) is 21.1 Å². The highest BCUT2D eigenvalue weighted by Gasteiger charge is 2.29. The summed E-state index contributed by atoms with van der Waals surface area (Å²) in [4.78, 5) is 24.5. The molecule has 0 amide bonds. The molecule has 0 spiro atoms. The third kappa shape index (κ3) is 5.47. The number of morpholine rings is 1. The van der Waals surface area contributed by atoms with Crippen LogP contribution in [0.4, 0.5) is 10.3 Å². The molecule has 2 aliphatic heterocycles. The lowest BCUT2D eigenvalue weighted by Crippen LogP contribution is -2.49. The third-order valence-electron chi connectivity index (χ3n) is 7.99. The second-order valence-electron chi connectivity index (χ2n) is 11.2. The number of hydrogen-bond donors (Lipinski definition) is 2. The van der Waals surface area contributed by atoms with Crippen molar-refractivity contribution in [3.63, 3.8) is 0 Å². The summed E-state index contributed by atoms with van der Waals surface area (Å²) in [6, 6.07) is 3.46. The molecule has 1 aromatic carbocycles. The Kier molecular flexibility index (Phi) is 8.45. The monoisotopic (exact) mass is 573 g/mol. The Bertz CT molecular complexity index is 1450. The smallest absolute Gasteiger partial charge is 0.223 e. The molecule has 2 aromatic heterocycles. The molecule has 3 aromatic rings. The van der Waals surface area contributed by atoms with Crippen LogP contribution in [-0.4, -0.2) is 75.2 Å². The van der Waals surface area contributed by atoms with Crippen molar-refractivity contribution < 1.29 is 19.0 Å². The summed E-state index contributed by atoms with van der Waals surface area (Å²) in [5, 5.41) is 14.1. The number of aliphatic hydroxyl groups is 1. The number of aliphatic hydroxyl groups excluding tert-OH is 1. The summed E-state index contributed by atoms with van der Waals surface area (Å²) in [7, 11) is 0. The fourth-order valence-electron chi connectivity index (χ4n) is 5.77. The maximum Gasteiger partial charge on any atom is 0.223 e. The summed E-state index contributed by atoms with van der Waals surface area (Å²) in [5.74, 6) is -0.458. The molecule has 0 unspecified atom stereocenters. The lowest BCUT2D eigenvalue weighted by atomic mass is 10.0. The molecular weight excluding hydrogens is 537 g/mol. The molecule has 4 heterocycles. The lowest BCUT2D eigenvalue weighted by molar-refractivity contribution is -0.0420.